The Morgan fingerprint density at radius 2 is 0.688 bits per heavy atom. The van der Waals surface area contributed by atoms with Gasteiger partial charge in [0.1, 0.15) is 6.61 Å². The first-order valence-corrected chi connectivity index (χ1v) is 34.4. The van der Waals surface area contributed by atoms with Crippen molar-refractivity contribution in [2.24, 2.45) is 5.73 Å². The van der Waals surface area contributed by atoms with Crippen LogP contribution in [0.2, 0.25) is 0 Å². The zero-order valence-electron chi connectivity index (χ0n) is 51.5. The summed E-state index contributed by atoms with van der Waals surface area (Å²) in [5, 5.41) is 0. The predicted molar refractivity (Wildman–Crippen MR) is 344 cm³/mol. The van der Waals surface area contributed by atoms with E-state index in [1.165, 1.54) is 173 Å². The minimum atomic E-state index is -4.41. The number of phosphoric acid groups is 1. The number of phosphoric ester groups is 1. The highest BCUT2D eigenvalue weighted by atomic mass is 31.2. The Labute approximate surface area is 492 Å². The molecule has 0 bridgehead atoms. The number of hydrogen-bond donors (Lipinski definition) is 2. The van der Waals surface area contributed by atoms with Crippen molar-refractivity contribution in [3.63, 3.8) is 0 Å². The fourth-order valence-corrected chi connectivity index (χ4v) is 9.88. The van der Waals surface area contributed by atoms with Crippen LogP contribution in [0.4, 0.5) is 0 Å². The molecule has 0 fully saturated rings. The molecule has 0 aliphatic rings. The standard InChI is InChI=1S/C70H122NO8P/c1-3-5-7-9-11-13-15-17-19-21-23-25-27-29-31-33-35-36-38-40-42-44-46-48-50-52-54-56-58-60-62-69(72)76-66-68(67-78-80(74,75)77-65-64-71)79-70(73)63-61-59-57-55-53-51-49-47-45-43-41-39-37-34-32-30-28-26-24-22-20-18-16-14-12-10-8-6-4-2/h6,8,12,14,18,20,24,26,30,32,37,39,43,45,49,51,55,57,68H,3-5,7,9-11,13,15-17,19,21-23,25,27-29,31,33-36,38,40-42,44,46-48,50,52-54,56,58-67,71H2,1-2H3,(H,74,75)/b8-6-,14-12-,20-18-,26-24-,32-30-,39-37-,45-43-,51-49-,57-55-. The number of hydrogen-bond acceptors (Lipinski definition) is 8. The average Bonchev–Trinajstić information content (AvgIpc) is 3.45. The van der Waals surface area contributed by atoms with Crippen molar-refractivity contribution in [2.75, 3.05) is 26.4 Å². The number of esters is 2. The molecule has 0 amide bonds. The number of unbranched alkanes of at least 4 members (excludes halogenated alkanes) is 30. The monoisotopic (exact) mass is 1140 g/mol. The van der Waals surface area contributed by atoms with Crippen LogP contribution < -0.4 is 5.73 Å². The Hall–Kier alpha value is -3.33. The molecule has 0 saturated carbocycles. The van der Waals surface area contributed by atoms with Crippen molar-refractivity contribution in [3.8, 4) is 0 Å². The fraction of sp³-hybridized carbons (Fsp3) is 0.714. The summed E-state index contributed by atoms with van der Waals surface area (Å²) in [4.78, 5) is 35.3. The van der Waals surface area contributed by atoms with E-state index in [2.05, 4.69) is 117 Å². The number of nitrogens with two attached hydrogens (primary N) is 1. The van der Waals surface area contributed by atoms with E-state index >= 15 is 0 Å². The summed E-state index contributed by atoms with van der Waals surface area (Å²) in [7, 11) is -4.41. The zero-order chi connectivity index (χ0) is 58.0. The first-order chi connectivity index (χ1) is 39.3. The molecule has 0 saturated heterocycles. The van der Waals surface area contributed by atoms with Crippen LogP contribution in [-0.2, 0) is 32.7 Å². The molecule has 0 aromatic heterocycles. The Bertz CT molecular complexity index is 1680. The molecule has 9 nitrogen and oxygen atoms in total. The lowest BCUT2D eigenvalue weighted by molar-refractivity contribution is -0.161. The summed E-state index contributed by atoms with van der Waals surface area (Å²) in [6, 6.07) is 0. The lowest BCUT2D eigenvalue weighted by atomic mass is 10.0. The third-order valence-electron chi connectivity index (χ3n) is 13.9. The van der Waals surface area contributed by atoms with Gasteiger partial charge in [-0.15, -0.1) is 0 Å². The van der Waals surface area contributed by atoms with Crippen molar-refractivity contribution in [2.45, 2.75) is 296 Å². The average molecular weight is 1140 g/mol. The van der Waals surface area contributed by atoms with Gasteiger partial charge in [-0.1, -0.05) is 309 Å². The van der Waals surface area contributed by atoms with Crippen molar-refractivity contribution in [1.29, 1.82) is 0 Å². The largest absolute Gasteiger partial charge is 0.472 e. The van der Waals surface area contributed by atoms with Crippen LogP contribution in [-0.4, -0.2) is 49.3 Å². The predicted octanol–water partition coefficient (Wildman–Crippen LogP) is 21.4. The fourth-order valence-electron chi connectivity index (χ4n) is 9.11. The molecule has 0 aliphatic carbocycles. The molecular formula is C70H122NO8P. The molecule has 2 atom stereocenters. The van der Waals surface area contributed by atoms with Gasteiger partial charge in [-0.2, -0.15) is 0 Å². The van der Waals surface area contributed by atoms with Gasteiger partial charge in [-0.05, 0) is 77.0 Å². The molecule has 10 heteroatoms. The molecular weight excluding hydrogens is 1010 g/mol. The van der Waals surface area contributed by atoms with E-state index in [9.17, 15) is 19.0 Å². The second kappa shape index (κ2) is 64.8. The first kappa shape index (κ1) is 76.7. The van der Waals surface area contributed by atoms with Crippen LogP contribution in [0.1, 0.15) is 290 Å². The summed E-state index contributed by atoms with van der Waals surface area (Å²) in [5.74, 6) is -0.894. The lowest BCUT2D eigenvalue weighted by Gasteiger charge is -2.19. The number of rotatable bonds is 61. The SMILES string of the molecule is CC/C=C\C/C=C\C/C=C\C/C=C\C/C=C\C/C=C\C/C=C\C/C=C\C/C=C\CCCC(=O)OC(COC(=O)CCCCCCCCCCCCCCCCCCCCCCCCCCCCCCCC)COP(=O)(O)OCCN. The van der Waals surface area contributed by atoms with Crippen LogP contribution in [0.15, 0.2) is 109 Å². The van der Waals surface area contributed by atoms with Crippen molar-refractivity contribution < 1.29 is 37.6 Å². The molecule has 0 heterocycles. The summed E-state index contributed by atoms with van der Waals surface area (Å²) < 4.78 is 33.0. The van der Waals surface area contributed by atoms with Gasteiger partial charge >= 0.3 is 19.8 Å². The van der Waals surface area contributed by atoms with E-state index in [1.807, 2.05) is 6.08 Å². The zero-order valence-corrected chi connectivity index (χ0v) is 52.4. The molecule has 0 aromatic carbocycles. The van der Waals surface area contributed by atoms with E-state index in [0.717, 1.165) is 77.0 Å². The van der Waals surface area contributed by atoms with Gasteiger partial charge < -0.3 is 20.1 Å². The molecule has 2 unspecified atom stereocenters. The maximum Gasteiger partial charge on any atom is 0.472 e. The molecule has 80 heavy (non-hydrogen) atoms. The van der Waals surface area contributed by atoms with Crippen LogP contribution in [0.5, 0.6) is 0 Å². The topological polar surface area (TPSA) is 134 Å². The second-order valence-corrected chi connectivity index (χ2v) is 23.1. The highest BCUT2D eigenvalue weighted by Gasteiger charge is 2.26. The van der Waals surface area contributed by atoms with Gasteiger partial charge in [0.05, 0.1) is 13.2 Å². The van der Waals surface area contributed by atoms with Gasteiger partial charge in [-0.25, -0.2) is 4.57 Å². The highest BCUT2D eigenvalue weighted by Crippen LogP contribution is 2.43. The Balaban J connectivity index is 4.01. The van der Waals surface area contributed by atoms with Crippen LogP contribution in [0, 0.1) is 0 Å². The number of allylic oxidation sites excluding steroid dienone is 18. The van der Waals surface area contributed by atoms with Gasteiger partial charge in [0.25, 0.3) is 0 Å². The molecule has 460 valence electrons. The molecule has 0 spiro atoms. The van der Waals surface area contributed by atoms with Gasteiger partial charge in [0, 0.05) is 19.4 Å². The summed E-state index contributed by atoms with van der Waals surface area (Å²) in [6.45, 7) is 3.59. The number of carbonyl (C=O) groups is 2. The van der Waals surface area contributed by atoms with Crippen LogP contribution in [0.3, 0.4) is 0 Å². The molecule has 0 aromatic rings. The van der Waals surface area contributed by atoms with Crippen molar-refractivity contribution >= 4 is 19.8 Å². The molecule has 3 N–H and O–H groups in total. The smallest absolute Gasteiger partial charge is 0.462 e. The summed E-state index contributed by atoms with van der Waals surface area (Å²) in [5.41, 5.74) is 5.39. The minimum absolute atomic E-state index is 0.0397. The molecule has 0 rings (SSSR count). The Morgan fingerprint density at radius 1 is 0.388 bits per heavy atom. The second-order valence-electron chi connectivity index (χ2n) is 21.6. The lowest BCUT2D eigenvalue weighted by Crippen LogP contribution is -2.29. The summed E-state index contributed by atoms with van der Waals surface area (Å²) in [6.07, 6.45) is 89.0. The Morgan fingerprint density at radius 3 is 1.01 bits per heavy atom. The van der Waals surface area contributed by atoms with Crippen LogP contribution >= 0.6 is 7.82 Å². The Kier molecular flexibility index (Phi) is 62.1. The molecule has 0 aliphatic heterocycles. The highest BCUT2D eigenvalue weighted by molar-refractivity contribution is 7.47. The van der Waals surface area contributed by atoms with E-state index in [0.29, 0.717) is 12.8 Å². The normalized spacial score (nSPS) is 13.7. The number of ether oxygens (including phenoxy) is 2. The van der Waals surface area contributed by atoms with E-state index in [4.69, 9.17) is 24.3 Å². The van der Waals surface area contributed by atoms with Crippen LogP contribution in [0.25, 0.3) is 0 Å². The van der Waals surface area contributed by atoms with E-state index in [-0.39, 0.29) is 32.6 Å². The van der Waals surface area contributed by atoms with E-state index in [1.54, 1.807) is 0 Å². The summed E-state index contributed by atoms with van der Waals surface area (Å²) >= 11 is 0. The van der Waals surface area contributed by atoms with E-state index < -0.39 is 32.5 Å². The minimum Gasteiger partial charge on any atom is -0.462 e. The van der Waals surface area contributed by atoms with Crippen molar-refractivity contribution in [1.82, 2.24) is 0 Å². The van der Waals surface area contributed by atoms with Gasteiger partial charge in [0.2, 0.25) is 0 Å². The molecule has 0 radical (unpaired) electrons. The maximum absolute atomic E-state index is 12.7. The third kappa shape index (κ3) is 63.8. The van der Waals surface area contributed by atoms with Gasteiger partial charge in [-0.3, -0.25) is 18.6 Å². The van der Waals surface area contributed by atoms with Crippen molar-refractivity contribution in [3.05, 3.63) is 109 Å². The first-order valence-electron chi connectivity index (χ1n) is 32.9. The maximum atomic E-state index is 12.7. The quantitative estimate of drug-likeness (QED) is 0.0264. The van der Waals surface area contributed by atoms with Gasteiger partial charge in [0.15, 0.2) is 6.10 Å². The number of carbonyl (C=O) groups excluding carboxylic acids is 2. The third-order valence-corrected chi connectivity index (χ3v) is 14.9.